The standard InChI is InChI=1S/C41H69O10P/c1-3-5-7-9-11-13-15-17-19-21-22-24-26-28-30-32-40(44)48-36-39(37-50-52(46,47)49-35-38(43)34-42)51-41(45)33-31-29-27-25-23-20-18-16-14-12-10-8-6-4-2/h5,7,9-13,15-19,38-39,42-43H,3-4,6,8,14,20-37H2,1-2H3,(H,46,47)/b7-5+,11-9+,12-10+,15-13+,18-16+,19-17+/t38-,39+/m0/s1. The average Bonchev–Trinajstić information content (AvgIpc) is 3.13. The molecule has 0 heterocycles. The second kappa shape index (κ2) is 36.8. The maximum absolute atomic E-state index is 12.6. The molecule has 0 aliphatic rings. The number of allylic oxidation sites excluding steroid dienone is 12. The summed E-state index contributed by atoms with van der Waals surface area (Å²) < 4.78 is 32.6. The van der Waals surface area contributed by atoms with Crippen LogP contribution in [0.25, 0.3) is 0 Å². The van der Waals surface area contributed by atoms with Crippen LogP contribution in [0.4, 0.5) is 0 Å². The number of carbonyl (C=O) groups is 2. The maximum Gasteiger partial charge on any atom is 0.472 e. The molecule has 0 radical (unpaired) electrons. The minimum Gasteiger partial charge on any atom is -0.462 e. The van der Waals surface area contributed by atoms with Crippen LogP contribution in [0.15, 0.2) is 72.9 Å². The highest BCUT2D eigenvalue weighted by Gasteiger charge is 2.27. The second-order valence-corrected chi connectivity index (χ2v) is 14.1. The van der Waals surface area contributed by atoms with Crippen molar-refractivity contribution in [2.45, 2.75) is 148 Å². The van der Waals surface area contributed by atoms with E-state index in [1.54, 1.807) is 0 Å². The maximum atomic E-state index is 12.6. The number of unbranched alkanes of at least 4 members (excludes halogenated alkanes) is 12. The first kappa shape index (κ1) is 49.4. The highest BCUT2D eigenvalue weighted by molar-refractivity contribution is 7.47. The van der Waals surface area contributed by atoms with E-state index >= 15 is 0 Å². The molecule has 0 saturated carbocycles. The first-order chi connectivity index (χ1) is 25.2. The molecule has 0 aliphatic heterocycles. The summed E-state index contributed by atoms with van der Waals surface area (Å²) in [4.78, 5) is 34.9. The van der Waals surface area contributed by atoms with Gasteiger partial charge in [0.25, 0.3) is 0 Å². The highest BCUT2D eigenvalue weighted by Crippen LogP contribution is 2.43. The quantitative estimate of drug-likeness (QED) is 0.0188. The van der Waals surface area contributed by atoms with Crippen molar-refractivity contribution in [3.63, 3.8) is 0 Å². The van der Waals surface area contributed by atoms with Gasteiger partial charge in [-0.25, -0.2) is 4.57 Å². The lowest BCUT2D eigenvalue weighted by Gasteiger charge is -2.20. The van der Waals surface area contributed by atoms with Gasteiger partial charge in [-0.05, 0) is 57.8 Å². The second-order valence-electron chi connectivity index (χ2n) is 12.7. The van der Waals surface area contributed by atoms with Crippen molar-refractivity contribution in [1.82, 2.24) is 0 Å². The Morgan fingerprint density at radius 1 is 0.615 bits per heavy atom. The van der Waals surface area contributed by atoms with Crippen molar-refractivity contribution in [2.24, 2.45) is 0 Å². The van der Waals surface area contributed by atoms with Gasteiger partial charge in [0.2, 0.25) is 0 Å². The van der Waals surface area contributed by atoms with Crippen molar-refractivity contribution < 1.29 is 47.8 Å². The normalized spacial score (nSPS) is 14.8. The van der Waals surface area contributed by atoms with Crippen LogP contribution in [0, 0.1) is 0 Å². The van der Waals surface area contributed by atoms with Crippen LogP contribution >= 0.6 is 7.82 Å². The Morgan fingerprint density at radius 2 is 1.13 bits per heavy atom. The molecule has 3 N–H and O–H groups in total. The van der Waals surface area contributed by atoms with E-state index in [1.165, 1.54) is 12.8 Å². The monoisotopic (exact) mass is 752 g/mol. The minimum absolute atomic E-state index is 0.158. The predicted molar refractivity (Wildman–Crippen MR) is 210 cm³/mol. The third-order valence-corrected chi connectivity index (χ3v) is 8.64. The van der Waals surface area contributed by atoms with Gasteiger partial charge >= 0.3 is 19.8 Å². The first-order valence-corrected chi connectivity index (χ1v) is 20.9. The van der Waals surface area contributed by atoms with Crippen molar-refractivity contribution in [3.8, 4) is 0 Å². The molecule has 0 aromatic carbocycles. The van der Waals surface area contributed by atoms with Crippen LogP contribution in [-0.4, -0.2) is 65.7 Å². The molecule has 0 bridgehead atoms. The lowest BCUT2D eigenvalue weighted by Crippen LogP contribution is -2.29. The fraction of sp³-hybridized carbons (Fsp3) is 0.659. The Balaban J connectivity index is 4.44. The van der Waals surface area contributed by atoms with E-state index in [-0.39, 0.29) is 19.4 Å². The number of phosphoric ester groups is 1. The average molecular weight is 753 g/mol. The molecule has 3 atom stereocenters. The number of esters is 2. The van der Waals surface area contributed by atoms with E-state index in [4.69, 9.17) is 19.1 Å². The first-order valence-electron chi connectivity index (χ1n) is 19.4. The summed E-state index contributed by atoms with van der Waals surface area (Å²) in [6, 6.07) is 0. The molecule has 298 valence electrons. The lowest BCUT2D eigenvalue weighted by molar-refractivity contribution is -0.161. The van der Waals surface area contributed by atoms with Crippen LogP contribution < -0.4 is 0 Å². The third-order valence-electron chi connectivity index (χ3n) is 7.69. The summed E-state index contributed by atoms with van der Waals surface area (Å²) in [5.41, 5.74) is 0. The molecular formula is C41H69O10P. The molecule has 0 aromatic rings. The Hall–Kier alpha value is -2.59. The van der Waals surface area contributed by atoms with Crippen molar-refractivity contribution in [2.75, 3.05) is 26.4 Å². The van der Waals surface area contributed by atoms with Gasteiger partial charge in [-0.2, -0.15) is 0 Å². The molecule has 0 aliphatic carbocycles. The van der Waals surface area contributed by atoms with Crippen LogP contribution in [0.2, 0.25) is 0 Å². The van der Waals surface area contributed by atoms with Crippen LogP contribution in [0.5, 0.6) is 0 Å². The lowest BCUT2D eigenvalue weighted by atomic mass is 10.1. The largest absolute Gasteiger partial charge is 0.472 e. The van der Waals surface area contributed by atoms with Crippen LogP contribution in [0.1, 0.15) is 136 Å². The van der Waals surface area contributed by atoms with E-state index in [9.17, 15) is 24.2 Å². The summed E-state index contributed by atoms with van der Waals surface area (Å²) in [6.07, 6.45) is 40.1. The van der Waals surface area contributed by atoms with E-state index in [0.717, 1.165) is 83.5 Å². The topological polar surface area (TPSA) is 149 Å². The number of ether oxygens (including phenoxy) is 2. The van der Waals surface area contributed by atoms with Gasteiger partial charge in [0.15, 0.2) is 6.10 Å². The molecule has 0 aromatic heterocycles. The van der Waals surface area contributed by atoms with E-state index in [1.807, 2.05) is 36.5 Å². The molecule has 0 amide bonds. The third kappa shape index (κ3) is 35.8. The number of aliphatic hydroxyl groups excluding tert-OH is 2. The molecule has 1 unspecified atom stereocenters. The van der Waals surface area contributed by atoms with Crippen molar-refractivity contribution in [3.05, 3.63) is 72.9 Å². The van der Waals surface area contributed by atoms with E-state index in [2.05, 4.69) is 54.8 Å². The van der Waals surface area contributed by atoms with Gasteiger partial charge in [-0.3, -0.25) is 18.6 Å². The summed E-state index contributed by atoms with van der Waals surface area (Å²) in [5.74, 6) is -0.978. The molecular weight excluding hydrogens is 683 g/mol. The smallest absolute Gasteiger partial charge is 0.462 e. The molecule has 0 saturated heterocycles. The van der Waals surface area contributed by atoms with Crippen LogP contribution in [-0.2, 0) is 32.7 Å². The number of hydrogen-bond donors (Lipinski definition) is 3. The summed E-state index contributed by atoms with van der Waals surface area (Å²) >= 11 is 0. The predicted octanol–water partition coefficient (Wildman–Crippen LogP) is 9.72. The molecule has 10 nitrogen and oxygen atoms in total. The van der Waals surface area contributed by atoms with Gasteiger partial charge < -0.3 is 24.6 Å². The Labute approximate surface area is 314 Å². The number of phosphoric acid groups is 1. The number of hydrogen-bond acceptors (Lipinski definition) is 9. The van der Waals surface area contributed by atoms with Gasteiger partial charge in [-0.1, -0.05) is 138 Å². The Morgan fingerprint density at radius 3 is 1.75 bits per heavy atom. The minimum atomic E-state index is -4.63. The molecule has 11 heteroatoms. The van der Waals surface area contributed by atoms with E-state index < -0.39 is 51.8 Å². The molecule has 52 heavy (non-hydrogen) atoms. The number of carbonyl (C=O) groups excluding carboxylic acids is 2. The van der Waals surface area contributed by atoms with Crippen LogP contribution in [0.3, 0.4) is 0 Å². The Kier molecular flexibility index (Phi) is 34.9. The zero-order valence-electron chi connectivity index (χ0n) is 32.0. The van der Waals surface area contributed by atoms with Crippen molar-refractivity contribution >= 4 is 19.8 Å². The van der Waals surface area contributed by atoms with Gasteiger partial charge in [0, 0.05) is 12.8 Å². The van der Waals surface area contributed by atoms with Gasteiger partial charge in [0.1, 0.15) is 12.7 Å². The molecule has 0 rings (SSSR count). The Bertz CT molecular complexity index is 1100. The fourth-order valence-electron chi connectivity index (χ4n) is 4.67. The fourth-order valence-corrected chi connectivity index (χ4v) is 5.45. The SMILES string of the molecule is CC/C=C/C=C/C=C/C=C/CCCCCCCC(=O)OC[C@H](COP(=O)(O)OC[C@@H](O)CO)OC(=O)CCCCCCC/C=C/C/C=C/CCCC. The summed E-state index contributed by atoms with van der Waals surface area (Å²) in [7, 11) is -4.63. The summed E-state index contributed by atoms with van der Waals surface area (Å²) in [6.45, 7) is 2.12. The van der Waals surface area contributed by atoms with Gasteiger partial charge in [0.05, 0.1) is 19.8 Å². The highest BCUT2D eigenvalue weighted by atomic mass is 31.2. The number of aliphatic hydroxyl groups is 2. The summed E-state index contributed by atoms with van der Waals surface area (Å²) in [5, 5.41) is 18.3. The molecule has 0 spiro atoms. The van der Waals surface area contributed by atoms with Gasteiger partial charge in [-0.15, -0.1) is 0 Å². The van der Waals surface area contributed by atoms with Crippen molar-refractivity contribution in [1.29, 1.82) is 0 Å². The molecule has 0 fully saturated rings. The zero-order chi connectivity index (χ0) is 38.4. The van der Waals surface area contributed by atoms with E-state index in [0.29, 0.717) is 12.8 Å². The number of rotatable bonds is 35. The zero-order valence-corrected chi connectivity index (χ0v) is 32.9.